The molecule has 15 heteroatoms. The fourth-order valence-corrected chi connectivity index (χ4v) is 7.49. The quantitative estimate of drug-likeness (QED) is 0.0456. The number of nitrogens with one attached hydrogen (secondary N) is 3. The summed E-state index contributed by atoms with van der Waals surface area (Å²) in [6.07, 6.45) is -7.43. The van der Waals surface area contributed by atoms with E-state index in [-0.39, 0.29) is 38.6 Å². The summed E-state index contributed by atoms with van der Waals surface area (Å²) in [5, 5.41) is 8.03. The molecule has 0 aromatic heterocycles. The molecular weight excluding hydrogens is 895 g/mol. The van der Waals surface area contributed by atoms with E-state index in [0.29, 0.717) is 5.56 Å². The molecular formula is C55H63N3O12. The molecule has 0 spiro atoms. The molecule has 1 heterocycles. The third-order valence-electron chi connectivity index (χ3n) is 11.0. The molecule has 5 aromatic carbocycles. The van der Waals surface area contributed by atoms with E-state index >= 15 is 0 Å². The van der Waals surface area contributed by atoms with Crippen LogP contribution in [0.5, 0.6) is 0 Å². The highest BCUT2D eigenvalue weighted by molar-refractivity contribution is 5.93. The van der Waals surface area contributed by atoms with Crippen LogP contribution in [-0.2, 0) is 74.0 Å². The molecule has 0 aliphatic carbocycles. The van der Waals surface area contributed by atoms with Gasteiger partial charge in [0.25, 0.3) is 0 Å². The van der Waals surface area contributed by atoms with Crippen LogP contribution in [0.25, 0.3) is 0 Å². The van der Waals surface area contributed by atoms with Crippen molar-refractivity contribution in [2.24, 2.45) is 5.92 Å². The van der Waals surface area contributed by atoms with Gasteiger partial charge in [0.1, 0.15) is 42.6 Å². The SMILES string of the molecule is CC(C)[C@H](NC(=O)[C@H](CC(=O)N[C@@H]1OC(COCc2ccccc2)[C@H](OCc2ccccc2)C(OCc2ccccc2)C1OC(=O)c1ccccc1)NC(=O)OCc1ccccc1)C(=O)OC(C)(C)C. The zero-order valence-electron chi connectivity index (χ0n) is 40.2. The number of alkyl carbamates (subject to hydrolysis) is 1. The number of amides is 3. The topological polar surface area (TPSA) is 186 Å². The van der Waals surface area contributed by atoms with Crippen molar-refractivity contribution in [3.8, 4) is 0 Å². The first-order valence-corrected chi connectivity index (χ1v) is 23.4. The van der Waals surface area contributed by atoms with Crippen molar-refractivity contribution in [3.05, 3.63) is 179 Å². The summed E-state index contributed by atoms with van der Waals surface area (Å²) in [7, 11) is 0. The Bertz CT molecular complexity index is 2400. The van der Waals surface area contributed by atoms with Crippen molar-refractivity contribution in [1.82, 2.24) is 16.0 Å². The van der Waals surface area contributed by atoms with Crippen LogP contribution in [0.3, 0.4) is 0 Å². The molecule has 3 amide bonds. The van der Waals surface area contributed by atoms with E-state index in [0.717, 1.165) is 16.7 Å². The number of esters is 2. The zero-order chi connectivity index (χ0) is 49.9. The summed E-state index contributed by atoms with van der Waals surface area (Å²) < 4.78 is 43.7. The average Bonchev–Trinajstić information content (AvgIpc) is 3.35. The number of carbonyl (C=O) groups excluding carboxylic acids is 5. The van der Waals surface area contributed by atoms with E-state index in [1.165, 1.54) is 0 Å². The van der Waals surface area contributed by atoms with Crippen LogP contribution < -0.4 is 16.0 Å². The van der Waals surface area contributed by atoms with Crippen LogP contribution in [0.15, 0.2) is 152 Å². The lowest BCUT2D eigenvalue weighted by atomic mass is 9.96. The van der Waals surface area contributed by atoms with Gasteiger partial charge in [-0.05, 0) is 61.1 Å². The minimum absolute atomic E-state index is 0.0492. The second kappa shape index (κ2) is 26.2. The summed E-state index contributed by atoms with van der Waals surface area (Å²) in [4.78, 5) is 69.5. The smallest absolute Gasteiger partial charge is 0.408 e. The van der Waals surface area contributed by atoms with Crippen molar-refractivity contribution in [3.63, 3.8) is 0 Å². The first kappa shape index (κ1) is 52.5. The fraction of sp³-hybridized carbons (Fsp3) is 0.364. The predicted molar refractivity (Wildman–Crippen MR) is 259 cm³/mol. The van der Waals surface area contributed by atoms with Gasteiger partial charge in [0.05, 0.1) is 38.4 Å². The summed E-state index contributed by atoms with van der Waals surface area (Å²) in [5.41, 5.74) is 2.61. The molecule has 1 saturated heterocycles. The van der Waals surface area contributed by atoms with Gasteiger partial charge in [0, 0.05) is 0 Å². The van der Waals surface area contributed by atoms with Gasteiger partial charge in [0.15, 0.2) is 12.3 Å². The number of rotatable bonds is 22. The van der Waals surface area contributed by atoms with Crippen LogP contribution in [0.2, 0.25) is 0 Å². The van der Waals surface area contributed by atoms with Gasteiger partial charge in [-0.1, -0.05) is 153 Å². The highest BCUT2D eigenvalue weighted by atomic mass is 16.6. The molecule has 3 N–H and O–H groups in total. The van der Waals surface area contributed by atoms with Crippen LogP contribution in [-0.4, -0.2) is 84.8 Å². The Balaban J connectivity index is 1.33. The van der Waals surface area contributed by atoms with Crippen LogP contribution >= 0.6 is 0 Å². The molecule has 1 aliphatic heterocycles. The van der Waals surface area contributed by atoms with E-state index in [1.807, 2.05) is 97.1 Å². The minimum Gasteiger partial charge on any atom is -0.458 e. The van der Waals surface area contributed by atoms with Crippen LogP contribution in [0.4, 0.5) is 4.79 Å². The number of hydrogen-bond donors (Lipinski definition) is 3. The van der Waals surface area contributed by atoms with Gasteiger partial charge in [-0.15, -0.1) is 0 Å². The third kappa shape index (κ3) is 16.7. The zero-order valence-corrected chi connectivity index (χ0v) is 40.2. The summed E-state index contributed by atoms with van der Waals surface area (Å²) in [6, 6.07) is 43.0. The fourth-order valence-electron chi connectivity index (χ4n) is 7.49. The molecule has 0 radical (unpaired) electrons. The Kier molecular flexibility index (Phi) is 19.6. The Labute approximate surface area is 409 Å². The lowest BCUT2D eigenvalue weighted by Crippen LogP contribution is -2.66. The Morgan fingerprint density at radius 3 is 1.60 bits per heavy atom. The number of hydrogen-bond acceptors (Lipinski definition) is 12. The average molecular weight is 958 g/mol. The second-order valence-corrected chi connectivity index (χ2v) is 18.1. The Hall–Kier alpha value is -6.91. The van der Waals surface area contributed by atoms with Gasteiger partial charge in [0.2, 0.25) is 11.8 Å². The van der Waals surface area contributed by atoms with Gasteiger partial charge in [-0.2, -0.15) is 0 Å². The molecule has 0 bridgehead atoms. The van der Waals surface area contributed by atoms with Crippen molar-refractivity contribution < 1.29 is 57.1 Å². The lowest BCUT2D eigenvalue weighted by molar-refractivity contribution is -0.265. The minimum atomic E-state index is -1.59. The normalized spacial score (nSPS) is 18.7. The molecule has 5 aromatic rings. The highest BCUT2D eigenvalue weighted by Crippen LogP contribution is 2.31. The Morgan fingerprint density at radius 2 is 1.09 bits per heavy atom. The molecule has 1 aliphatic rings. The third-order valence-corrected chi connectivity index (χ3v) is 11.0. The van der Waals surface area contributed by atoms with Gasteiger partial charge < -0.3 is 49.1 Å². The standard InChI is InChI=1S/C55H63N3O12/c1-37(2)46(53(62)70-55(3,4)5)58-50(60)43(56-54(63)67-35-41-27-17-9-18-28-41)31-45(59)57-51-49(69-52(61)42-29-19-10-20-30-42)48(66-34-40-25-15-8-16-26-40)47(65-33-39-23-13-7-14-24-39)44(68-51)36-64-32-38-21-11-6-12-22-38/h6-30,37,43-44,46-49,51H,31-36H2,1-5H3,(H,56,63)(H,57,59)(H,58,60)/t43-,44?,46-,47-,48?,49?,51+/m0/s1. The van der Waals surface area contributed by atoms with Crippen molar-refractivity contribution in [2.75, 3.05) is 6.61 Å². The van der Waals surface area contributed by atoms with E-state index < -0.39 is 90.5 Å². The maximum absolute atomic E-state index is 14.5. The lowest BCUT2D eigenvalue weighted by Gasteiger charge is -2.46. The van der Waals surface area contributed by atoms with Gasteiger partial charge in [-0.25, -0.2) is 14.4 Å². The van der Waals surface area contributed by atoms with Crippen molar-refractivity contribution in [2.45, 2.75) is 116 Å². The largest absolute Gasteiger partial charge is 0.458 e. The molecule has 370 valence electrons. The molecule has 7 atom stereocenters. The summed E-state index contributed by atoms with van der Waals surface area (Å²) in [5.74, 6) is -3.54. The number of benzene rings is 5. The van der Waals surface area contributed by atoms with E-state index in [9.17, 15) is 24.0 Å². The number of ether oxygens (including phenoxy) is 7. The highest BCUT2D eigenvalue weighted by Gasteiger charge is 2.51. The first-order chi connectivity index (χ1) is 33.7. The molecule has 6 rings (SSSR count). The van der Waals surface area contributed by atoms with Crippen LogP contribution in [0.1, 0.15) is 73.7 Å². The van der Waals surface area contributed by atoms with Crippen molar-refractivity contribution >= 4 is 29.8 Å². The van der Waals surface area contributed by atoms with E-state index in [2.05, 4.69) is 16.0 Å². The summed E-state index contributed by atoms with van der Waals surface area (Å²) >= 11 is 0. The Morgan fingerprint density at radius 1 is 0.600 bits per heavy atom. The van der Waals surface area contributed by atoms with Gasteiger partial charge in [-0.3, -0.25) is 9.59 Å². The molecule has 15 nitrogen and oxygen atoms in total. The van der Waals surface area contributed by atoms with E-state index in [4.69, 9.17) is 33.2 Å². The maximum Gasteiger partial charge on any atom is 0.408 e. The van der Waals surface area contributed by atoms with Crippen molar-refractivity contribution in [1.29, 1.82) is 0 Å². The number of carbonyl (C=O) groups is 5. The van der Waals surface area contributed by atoms with Crippen LogP contribution in [0, 0.1) is 5.92 Å². The molecule has 0 saturated carbocycles. The predicted octanol–water partition coefficient (Wildman–Crippen LogP) is 7.61. The first-order valence-electron chi connectivity index (χ1n) is 23.4. The van der Waals surface area contributed by atoms with Gasteiger partial charge >= 0.3 is 18.0 Å². The molecule has 3 unspecified atom stereocenters. The second-order valence-electron chi connectivity index (χ2n) is 18.1. The van der Waals surface area contributed by atoms with E-state index in [1.54, 1.807) is 89.2 Å². The molecule has 1 fully saturated rings. The maximum atomic E-state index is 14.5. The monoisotopic (exact) mass is 957 g/mol. The summed E-state index contributed by atoms with van der Waals surface area (Å²) in [6.45, 7) is 8.77. The molecule has 70 heavy (non-hydrogen) atoms.